The molecular weight excluding hydrogens is 320 g/mol. The molecule has 0 atom stereocenters. The number of hydrogen-bond donors (Lipinski definition) is 1. The van der Waals surface area contributed by atoms with Crippen LogP contribution in [0.1, 0.15) is 17.9 Å². The van der Waals surface area contributed by atoms with Crippen LogP contribution in [0.2, 0.25) is 0 Å². The van der Waals surface area contributed by atoms with Crippen molar-refractivity contribution in [3.8, 4) is 22.5 Å². The second-order valence-corrected chi connectivity index (χ2v) is 5.52. The molecular formula is C17H20N6O2. The Hall–Kier alpha value is -2.87. The van der Waals surface area contributed by atoms with Crippen LogP contribution in [0.15, 0.2) is 29.3 Å². The fraction of sp³-hybridized carbons (Fsp3) is 0.353. The van der Waals surface area contributed by atoms with E-state index >= 15 is 0 Å². The zero-order valence-corrected chi connectivity index (χ0v) is 14.5. The second-order valence-electron chi connectivity index (χ2n) is 5.52. The third kappa shape index (κ3) is 3.80. The van der Waals surface area contributed by atoms with Crippen molar-refractivity contribution in [2.24, 2.45) is 0 Å². The Labute approximate surface area is 145 Å². The molecule has 0 fully saturated rings. The van der Waals surface area contributed by atoms with Gasteiger partial charge in [-0.3, -0.25) is 9.97 Å². The number of nitrogens with one attached hydrogen (secondary N) is 1. The van der Waals surface area contributed by atoms with Crippen LogP contribution in [0, 0.1) is 13.8 Å². The predicted molar refractivity (Wildman–Crippen MR) is 93.0 cm³/mol. The molecule has 8 nitrogen and oxygen atoms in total. The van der Waals surface area contributed by atoms with E-state index in [0.29, 0.717) is 24.0 Å². The summed E-state index contributed by atoms with van der Waals surface area (Å²) in [6.45, 7) is 5.16. The molecule has 3 aromatic heterocycles. The van der Waals surface area contributed by atoms with Gasteiger partial charge in [0.15, 0.2) is 0 Å². The van der Waals surface area contributed by atoms with Gasteiger partial charge < -0.3 is 14.6 Å². The fourth-order valence-electron chi connectivity index (χ4n) is 2.52. The molecule has 25 heavy (non-hydrogen) atoms. The Morgan fingerprint density at radius 1 is 1.16 bits per heavy atom. The van der Waals surface area contributed by atoms with Crippen molar-refractivity contribution in [2.45, 2.75) is 20.3 Å². The molecule has 3 rings (SSSR count). The number of ether oxygens (including phenoxy) is 1. The van der Waals surface area contributed by atoms with Gasteiger partial charge in [-0.25, -0.2) is 9.97 Å². The van der Waals surface area contributed by atoms with E-state index in [9.17, 15) is 0 Å². The summed E-state index contributed by atoms with van der Waals surface area (Å²) < 4.78 is 10.4. The van der Waals surface area contributed by atoms with Gasteiger partial charge in [0.1, 0.15) is 5.76 Å². The van der Waals surface area contributed by atoms with E-state index < -0.39 is 0 Å². The third-order valence-corrected chi connectivity index (χ3v) is 3.71. The first-order valence-corrected chi connectivity index (χ1v) is 8.00. The van der Waals surface area contributed by atoms with Crippen LogP contribution in [0.25, 0.3) is 22.5 Å². The summed E-state index contributed by atoms with van der Waals surface area (Å²) in [4.78, 5) is 17.6. The summed E-state index contributed by atoms with van der Waals surface area (Å²) in [5.74, 6) is 1.24. The number of nitrogens with zero attached hydrogens (tertiary/aromatic N) is 5. The summed E-state index contributed by atoms with van der Waals surface area (Å²) in [5.41, 5.74) is 3.82. The summed E-state index contributed by atoms with van der Waals surface area (Å²) >= 11 is 0. The van der Waals surface area contributed by atoms with Crippen molar-refractivity contribution in [1.82, 2.24) is 25.1 Å². The fourth-order valence-corrected chi connectivity index (χ4v) is 2.52. The molecule has 0 aromatic carbocycles. The van der Waals surface area contributed by atoms with Gasteiger partial charge in [0.05, 0.1) is 28.8 Å². The van der Waals surface area contributed by atoms with Crippen LogP contribution in [-0.2, 0) is 4.74 Å². The van der Waals surface area contributed by atoms with E-state index in [1.807, 2.05) is 13.8 Å². The van der Waals surface area contributed by atoms with Gasteiger partial charge in [-0.2, -0.15) is 0 Å². The summed E-state index contributed by atoms with van der Waals surface area (Å²) in [5, 5.41) is 7.25. The van der Waals surface area contributed by atoms with Crippen molar-refractivity contribution >= 4 is 5.95 Å². The Morgan fingerprint density at radius 3 is 2.72 bits per heavy atom. The predicted octanol–water partition coefficient (Wildman–Crippen LogP) is 2.65. The lowest BCUT2D eigenvalue weighted by Crippen LogP contribution is -2.08. The third-order valence-electron chi connectivity index (χ3n) is 3.71. The van der Waals surface area contributed by atoms with Crippen molar-refractivity contribution in [2.75, 3.05) is 25.6 Å². The molecule has 0 radical (unpaired) electrons. The molecule has 0 saturated heterocycles. The monoisotopic (exact) mass is 340 g/mol. The minimum atomic E-state index is 0.541. The van der Waals surface area contributed by atoms with Gasteiger partial charge in [-0.15, -0.1) is 0 Å². The highest BCUT2D eigenvalue weighted by atomic mass is 16.5. The SMILES string of the molecule is COCCCNc1ncc(-c2cnccn2)c(-c2c(C)noc2C)n1. The average Bonchev–Trinajstić information content (AvgIpc) is 2.98. The Morgan fingerprint density at radius 2 is 2.04 bits per heavy atom. The highest BCUT2D eigenvalue weighted by molar-refractivity contribution is 5.80. The van der Waals surface area contributed by atoms with Crippen LogP contribution in [0.3, 0.4) is 0 Å². The maximum atomic E-state index is 5.31. The normalized spacial score (nSPS) is 10.8. The number of aromatic nitrogens is 5. The topological polar surface area (TPSA) is 98.8 Å². The standard InChI is InChI=1S/C17H20N6O2/c1-11-15(12(2)25-23-11)16-13(14-10-18-6-7-19-14)9-21-17(22-16)20-5-4-8-24-3/h6-7,9-10H,4-5,8H2,1-3H3,(H,20,21,22). The van der Waals surface area contributed by atoms with Crippen molar-refractivity contribution in [1.29, 1.82) is 0 Å². The molecule has 3 heterocycles. The minimum Gasteiger partial charge on any atom is -0.385 e. The molecule has 0 amide bonds. The minimum absolute atomic E-state index is 0.541. The maximum absolute atomic E-state index is 5.31. The summed E-state index contributed by atoms with van der Waals surface area (Å²) in [6, 6.07) is 0. The summed E-state index contributed by atoms with van der Waals surface area (Å²) in [6.07, 6.45) is 7.57. The lowest BCUT2D eigenvalue weighted by molar-refractivity contribution is 0.197. The number of methoxy groups -OCH3 is 1. The molecule has 130 valence electrons. The Balaban J connectivity index is 2.01. The first-order valence-electron chi connectivity index (χ1n) is 8.00. The lowest BCUT2D eigenvalue weighted by Gasteiger charge is -2.10. The number of aryl methyl sites for hydroxylation is 2. The lowest BCUT2D eigenvalue weighted by atomic mass is 10.0. The molecule has 8 heteroatoms. The largest absolute Gasteiger partial charge is 0.385 e. The molecule has 0 bridgehead atoms. The molecule has 3 aromatic rings. The molecule has 1 N–H and O–H groups in total. The van der Waals surface area contributed by atoms with Gasteiger partial charge in [0.25, 0.3) is 0 Å². The van der Waals surface area contributed by atoms with Gasteiger partial charge in [-0.05, 0) is 20.3 Å². The molecule has 0 unspecified atom stereocenters. The zero-order chi connectivity index (χ0) is 17.6. The van der Waals surface area contributed by atoms with Crippen LogP contribution >= 0.6 is 0 Å². The van der Waals surface area contributed by atoms with Gasteiger partial charge >= 0.3 is 0 Å². The van der Waals surface area contributed by atoms with Crippen LogP contribution in [0.5, 0.6) is 0 Å². The highest BCUT2D eigenvalue weighted by Crippen LogP contribution is 2.33. The maximum Gasteiger partial charge on any atom is 0.223 e. The van der Waals surface area contributed by atoms with Crippen LogP contribution < -0.4 is 5.32 Å². The number of anilines is 1. The van der Waals surface area contributed by atoms with E-state index in [4.69, 9.17) is 9.26 Å². The quantitative estimate of drug-likeness (QED) is 0.655. The Bertz CT molecular complexity index is 815. The molecule has 0 aliphatic carbocycles. The van der Waals surface area contributed by atoms with E-state index in [2.05, 4.69) is 30.4 Å². The van der Waals surface area contributed by atoms with Crippen molar-refractivity contribution < 1.29 is 9.26 Å². The molecule has 0 spiro atoms. The second kappa shape index (κ2) is 7.80. The van der Waals surface area contributed by atoms with Gasteiger partial charge in [0.2, 0.25) is 5.95 Å². The highest BCUT2D eigenvalue weighted by Gasteiger charge is 2.19. The van der Waals surface area contributed by atoms with Gasteiger partial charge in [0, 0.05) is 44.4 Å². The van der Waals surface area contributed by atoms with Crippen LogP contribution in [0.4, 0.5) is 5.95 Å². The van der Waals surface area contributed by atoms with Crippen LogP contribution in [-0.4, -0.2) is 45.4 Å². The van der Waals surface area contributed by atoms with E-state index in [1.54, 1.807) is 31.9 Å². The summed E-state index contributed by atoms with van der Waals surface area (Å²) in [7, 11) is 1.68. The van der Waals surface area contributed by atoms with Crippen molar-refractivity contribution in [3.05, 3.63) is 36.2 Å². The average molecular weight is 340 g/mol. The smallest absolute Gasteiger partial charge is 0.223 e. The van der Waals surface area contributed by atoms with Crippen molar-refractivity contribution in [3.63, 3.8) is 0 Å². The molecule has 0 aliphatic heterocycles. The molecule has 0 saturated carbocycles. The number of rotatable bonds is 7. The first-order chi connectivity index (χ1) is 12.2. The van der Waals surface area contributed by atoms with E-state index in [-0.39, 0.29) is 0 Å². The van der Waals surface area contributed by atoms with E-state index in [0.717, 1.165) is 35.5 Å². The Kier molecular flexibility index (Phi) is 5.30. The first kappa shape index (κ1) is 17.0. The van der Waals surface area contributed by atoms with Gasteiger partial charge in [-0.1, -0.05) is 5.16 Å². The van der Waals surface area contributed by atoms with E-state index in [1.165, 1.54) is 0 Å². The number of hydrogen-bond acceptors (Lipinski definition) is 8. The molecule has 0 aliphatic rings. The zero-order valence-electron chi connectivity index (χ0n) is 14.5.